The van der Waals surface area contributed by atoms with Crippen molar-refractivity contribution in [2.45, 2.75) is 51.8 Å². The van der Waals surface area contributed by atoms with Gasteiger partial charge in [-0.25, -0.2) is 9.78 Å². The maximum Gasteiger partial charge on any atom is 0.410 e. The summed E-state index contributed by atoms with van der Waals surface area (Å²) in [5, 5.41) is 3.73. The summed E-state index contributed by atoms with van der Waals surface area (Å²) in [6.07, 6.45) is 2.47. The number of benzene rings is 2. The van der Waals surface area contributed by atoms with Crippen LogP contribution in [0.3, 0.4) is 0 Å². The molecule has 1 N–H and O–H groups in total. The Morgan fingerprint density at radius 2 is 1.60 bits per heavy atom. The van der Waals surface area contributed by atoms with E-state index >= 15 is 0 Å². The number of fused-ring (bicyclic) bond motifs is 1. The van der Waals surface area contributed by atoms with Gasteiger partial charge < -0.3 is 24.4 Å². The molecule has 0 spiro atoms. The second-order valence-electron chi connectivity index (χ2n) is 13.5. The predicted octanol–water partition coefficient (Wildman–Crippen LogP) is 7.24. The van der Waals surface area contributed by atoms with Crippen LogP contribution < -0.4 is 20.3 Å². The van der Waals surface area contributed by atoms with Gasteiger partial charge in [0.15, 0.2) is 6.29 Å². The number of nitrogens with zero attached hydrogens (tertiary/aromatic N) is 4. The van der Waals surface area contributed by atoms with Crippen molar-refractivity contribution in [1.29, 1.82) is 0 Å². The van der Waals surface area contributed by atoms with Gasteiger partial charge >= 0.3 is 6.09 Å². The van der Waals surface area contributed by atoms with Crippen LogP contribution in [0.5, 0.6) is 11.8 Å². The molecule has 0 saturated carbocycles. The summed E-state index contributed by atoms with van der Waals surface area (Å²) in [6.45, 7) is 5.80. The highest BCUT2D eigenvalue weighted by Crippen LogP contribution is 2.42. The van der Waals surface area contributed by atoms with Gasteiger partial charge in [0.05, 0.1) is 36.5 Å². The van der Waals surface area contributed by atoms with Crippen molar-refractivity contribution in [3.8, 4) is 45.3 Å². The van der Waals surface area contributed by atoms with Gasteiger partial charge in [0, 0.05) is 53.0 Å². The maximum absolute atomic E-state index is 13.3. The van der Waals surface area contributed by atoms with Gasteiger partial charge in [-0.05, 0) is 57.0 Å². The molecule has 3 aromatic heterocycles. The van der Waals surface area contributed by atoms with E-state index in [4.69, 9.17) is 42.4 Å². The third kappa shape index (κ3) is 7.84. The van der Waals surface area contributed by atoms with Gasteiger partial charge in [-0.15, -0.1) is 0 Å². The molecule has 1 aliphatic rings. The molecule has 0 unspecified atom stereocenters. The highest BCUT2D eigenvalue weighted by atomic mass is 35.5. The average molecular weight is 759 g/mol. The molecule has 0 radical (unpaired) electrons. The van der Waals surface area contributed by atoms with Crippen LogP contribution in [0.2, 0.25) is 10.0 Å². The van der Waals surface area contributed by atoms with Crippen LogP contribution in [0.1, 0.15) is 49.5 Å². The van der Waals surface area contributed by atoms with Crippen LogP contribution in [0.4, 0.5) is 4.79 Å². The smallest absolute Gasteiger partial charge is 0.410 e. The van der Waals surface area contributed by atoms with E-state index in [2.05, 4.69) is 10.3 Å². The maximum atomic E-state index is 13.3. The highest BCUT2D eigenvalue weighted by Gasteiger charge is 2.29. The largest absolute Gasteiger partial charge is 0.481 e. The molecule has 5 aromatic rings. The molecule has 274 valence electrons. The highest BCUT2D eigenvalue weighted by molar-refractivity contribution is 6.39. The molecule has 4 heterocycles. The lowest BCUT2D eigenvalue weighted by atomic mass is 9.97. The minimum atomic E-state index is -0.714. The number of rotatable bonds is 10. The van der Waals surface area contributed by atoms with Crippen molar-refractivity contribution in [2.24, 2.45) is 0 Å². The summed E-state index contributed by atoms with van der Waals surface area (Å²) in [7, 11) is 2.85. The first-order valence-electron chi connectivity index (χ1n) is 16.8. The molecule has 1 aliphatic heterocycles. The van der Waals surface area contributed by atoms with Crippen LogP contribution in [-0.4, -0.2) is 70.0 Å². The fourth-order valence-corrected chi connectivity index (χ4v) is 6.85. The standard InChI is InChI=1S/C39H37Cl2N5O7/c1-39(2,3)53-38(50)45(20-24-13-15-32(48)42-24)19-23-12-14-30(43-35(23)51-4)28-11-7-10-27(34(28)41)26-9-6-8-25(33(26)40)22-16-17-46-31(18-22)44-36(52-5)29(21-47)37(46)49/h6-12,14,16-18,21,24H,13,15,19-20H2,1-5H3,(H,42,48)/t24-/m0/s1. The number of hydrogen-bond acceptors (Lipinski definition) is 9. The van der Waals surface area contributed by atoms with E-state index in [0.717, 1.165) is 0 Å². The lowest BCUT2D eigenvalue weighted by Gasteiger charge is -2.29. The molecule has 1 saturated heterocycles. The fourth-order valence-electron chi connectivity index (χ4n) is 6.19. The van der Waals surface area contributed by atoms with E-state index in [0.29, 0.717) is 74.1 Å². The first-order chi connectivity index (χ1) is 25.3. The number of carbonyl (C=O) groups is 3. The Balaban J connectivity index is 1.33. The number of methoxy groups -OCH3 is 2. The zero-order chi connectivity index (χ0) is 38.0. The topological polar surface area (TPSA) is 141 Å². The van der Waals surface area contributed by atoms with Crippen LogP contribution in [0.15, 0.2) is 71.7 Å². The van der Waals surface area contributed by atoms with Crippen molar-refractivity contribution in [1.82, 2.24) is 24.6 Å². The third-order valence-electron chi connectivity index (χ3n) is 8.69. The molecule has 2 aromatic carbocycles. The fraction of sp³-hybridized carbons (Fsp3) is 0.282. The molecule has 1 atom stereocenters. The van der Waals surface area contributed by atoms with E-state index in [1.54, 1.807) is 43.9 Å². The molecule has 0 bridgehead atoms. The first-order valence-corrected chi connectivity index (χ1v) is 17.5. The zero-order valence-electron chi connectivity index (χ0n) is 29.7. The molecule has 0 aliphatic carbocycles. The summed E-state index contributed by atoms with van der Waals surface area (Å²) in [4.78, 5) is 60.2. The van der Waals surface area contributed by atoms with E-state index in [9.17, 15) is 19.2 Å². The van der Waals surface area contributed by atoms with Crippen molar-refractivity contribution < 1.29 is 28.6 Å². The van der Waals surface area contributed by atoms with Gasteiger partial charge in [0.1, 0.15) is 16.8 Å². The number of carbonyl (C=O) groups excluding carboxylic acids is 3. The van der Waals surface area contributed by atoms with Crippen molar-refractivity contribution in [3.05, 3.63) is 98.4 Å². The van der Waals surface area contributed by atoms with Crippen LogP contribution >= 0.6 is 23.2 Å². The molecule has 1 fully saturated rings. The number of ether oxygens (including phenoxy) is 3. The third-order valence-corrected chi connectivity index (χ3v) is 9.50. The molecular weight excluding hydrogens is 721 g/mol. The number of aldehydes is 1. The number of hydrogen-bond donors (Lipinski definition) is 1. The quantitative estimate of drug-likeness (QED) is 0.146. The summed E-state index contributed by atoms with van der Waals surface area (Å²) < 4.78 is 17.8. The van der Waals surface area contributed by atoms with Gasteiger partial charge in [0.2, 0.25) is 17.7 Å². The molecular formula is C39H37Cl2N5O7. The van der Waals surface area contributed by atoms with Crippen molar-refractivity contribution in [2.75, 3.05) is 20.8 Å². The Morgan fingerprint density at radius 1 is 0.943 bits per heavy atom. The van der Waals surface area contributed by atoms with Crippen molar-refractivity contribution in [3.63, 3.8) is 0 Å². The van der Waals surface area contributed by atoms with Gasteiger partial charge in [-0.3, -0.25) is 18.8 Å². The Kier molecular flexibility index (Phi) is 10.7. The molecule has 2 amide bonds. The normalized spacial score (nSPS) is 14.2. The van der Waals surface area contributed by atoms with E-state index in [1.807, 2.05) is 42.5 Å². The average Bonchev–Trinajstić information content (AvgIpc) is 3.54. The number of aromatic nitrogens is 3. The van der Waals surface area contributed by atoms with Crippen LogP contribution in [0, 0.1) is 0 Å². The number of halogens is 2. The number of nitrogens with one attached hydrogen (secondary N) is 1. The number of amides is 2. The Labute approximate surface area is 315 Å². The second-order valence-corrected chi connectivity index (χ2v) is 14.2. The molecule has 12 nitrogen and oxygen atoms in total. The van der Waals surface area contributed by atoms with Gasteiger partial charge in [-0.1, -0.05) is 59.6 Å². The number of pyridine rings is 2. The summed E-state index contributed by atoms with van der Waals surface area (Å²) in [5.41, 5.74) is 3.30. The lowest BCUT2D eigenvalue weighted by Crippen LogP contribution is -2.43. The zero-order valence-corrected chi connectivity index (χ0v) is 31.2. The molecule has 53 heavy (non-hydrogen) atoms. The van der Waals surface area contributed by atoms with Crippen molar-refractivity contribution >= 4 is 47.1 Å². The Hall–Kier alpha value is -5.46. The minimum Gasteiger partial charge on any atom is -0.481 e. The van der Waals surface area contributed by atoms with E-state index in [1.165, 1.54) is 24.8 Å². The monoisotopic (exact) mass is 757 g/mol. The summed E-state index contributed by atoms with van der Waals surface area (Å²) in [5.74, 6) is 0.187. The second kappa shape index (κ2) is 15.3. The minimum absolute atomic E-state index is 0.0463. The van der Waals surface area contributed by atoms with E-state index < -0.39 is 17.3 Å². The molecule has 6 rings (SSSR count). The Bertz CT molecular complexity index is 2300. The van der Waals surface area contributed by atoms with Crippen LogP contribution in [-0.2, 0) is 16.1 Å². The van der Waals surface area contributed by atoms with Gasteiger partial charge in [-0.2, -0.15) is 4.98 Å². The summed E-state index contributed by atoms with van der Waals surface area (Å²) >= 11 is 14.2. The summed E-state index contributed by atoms with van der Waals surface area (Å²) in [6, 6.07) is 17.9. The molecule has 14 heteroatoms. The predicted molar refractivity (Wildman–Crippen MR) is 202 cm³/mol. The van der Waals surface area contributed by atoms with Crippen LogP contribution in [0.25, 0.3) is 39.2 Å². The van der Waals surface area contributed by atoms with E-state index in [-0.39, 0.29) is 42.1 Å². The lowest BCUT2D eigenvalue weighted by molar-refractivity contribution is -0.119. The SMILES string of the molecule is COc1nc(-c2cccc(-c3cccc(-c4ccn5c(=O)c(C=O)c(OC)nc5c4)c3Cl)c2Cl)ccc1CN(C[C@@H]1CCC(=O)N1)C(=O)OC(C)(C)C. The first kappa shape index (κ1) is 37.3. The van der Waals surface area contributed by atoms with Gasteiger partial charge in [0.25, 0.3) is 5.56 Å². The Morgan fingerprint density at radius 3 is 2.23 bits per heavy atom.